The van der Waals surface area contributed by atoms with Gasteiger partial charge >= 0.3 is 0 Å². The highest BCUT2D eigenvalue weighted by Gasteiger charge is 2.30. The zero-order valence-corrected chi connectivity index (χ0v) is 13.6. The van der Waals surface area contributed by atoms with Crippen LogP contribution in [0.3, 0.4) is 0 Å². The summed E-state index contributed by atoms with van der Waals surface area (Å²) in [6.07, 6.45) is 9.43. The van der Waals surface area contributed by atoms with Crippen LogP contribution in [0.25, 0.3) is 0 Å². The molecule has 1 aliphatic rings. The first-order valence-electron chi connectivity index (χ1n) is 7.40. The first kappa shape index (κ1) is 15.9. The van der Waals surface area contributed by atoms with E-state index in [2.05, 4.69) is 20.3 Å². The average molecular weight is 330 g/mol. The third-order valence-electron chi connectivity index (χ3n) is 3.84. The largest absolute Gasteiger partial charge is 0.379 e. The molecule has 1 N–H and O–H groups in total. The molecule has 1 saturated heterocycles. The summed E-state index contributed by atoms with van der Waals surface area (Å²) in [5, 5.41) is 3.69. The predicted octanol–water partition coefficient (Wildman–Crippen LogP) is 1.58. The summed E-state index contributed by atoms with van der Waals surface area (Å²) in [5.41, 5.74) is 1.67. The average Bonchev–Trinajstić information content (AvgIpc) is 3.02. The number of nitrogens with one attached hydrogen (secondary N) is 1. The van der Waals surface area contributed by atoms with Crippen LogP contribution in [0.4, 0.5) is 0 Å². The minimum Gasteiger partial charge on any atom is -0.379 e. The number of carbonyl (C=O) groups is 1. The van der Waals surface area contributed by atoms with Gasteiger partial charge in [0.15, 0.2) is 5.16 Å². The Labute approximate surface area is 139 Å². The predicted molar refractivity (Wildman–Crippen MR) is 87.3 cm³/mol. The van der Waals surface area contributed by atoms with Gasteiger partial charge in [-0.05, 0) is 30.4 Å². The lowest BCUT2D eigenvalue weighted by Crippen LogP contribution is -2.40. The second kappa shape index (κ2) is 7.52. The first-order chi connectivity index (χ1) is 11.3. The quantitative estimate of drug-likeness (QED) is 0.662. The van der Waals surface area contributed by atoms with Crippen molar-refractivity contribution in [3.05, 3.63) is 48.0 Å². The fourth-order valence-corrected chi connectivity index (χ4v) is 2.89. The van der Waals surface area contributed by atoms with Crippen LogP contribution in [0.1, 0.15) is 15.9 Å². The van der Waals surface area contributed by atoms with Crippen molar-refractivity contribution in [2.24, 2.45) is 5.92 Å². The van der Waals surface area contributed by atoms with Crippen LogP contribution in [0.15, 0.2) is 42.1 Å². The van der Waals surface area contributed by atoms with Crippen molar-refractivity contribution in [2.75, 3.05) is 19.5 Å². The Morgan fingerprint density at radius 3 is 2.74 bits per heavy atom. The number of ether oxygens (including phenoxy) is 1. The van der Waals surface area contributed by atoms with Crippen LogP contribution in [0.2, 0.25) is 0 Å². The highest BCUT2D eigenvalue weighted by atomic mass is 32.2. The van der Waals surface area contributed by atoms with E-state index in [1.54, 1.807) is 24.8 Å². The maximum absolute atomic E-state index is 12.3. The molecule has 2 aromatic rings. The van der Waals surface area contributed by atoms with Crippen LogP contribution in [-0.4, -0.2) is 46.4 Å². The summed E-state index contributed by atoms with van der Waals surface area (Å²) >= 11 is 1.44. The van der Waals surface area contributed by atoms with E-state index >= 15 is 0 Å². The molecule has 0 bridgehead atoms. The molecule has 3 rings (SSSR count). The number of carbonyl (C=O) groups excluding carboxylic acids is 1. The van der Waals surface area contributed by atoms with E-state index in [0.29, 0.717) is 23.9 Å². The number of thioether (sulfide) groups is 1. The Hall–Kier alpha value is -1.99. The molecule has 2 unspecified atom stereocenters. The fraction of sp³-hybridized carbons (Fsp3) is 0.375. The molecule has 0 aliphatic carbocycles. The summed E-state index contributed by atoms with van der Waals surface area (Å²) in [6, 6.07) is 3.98. The van der Waals surface area contributed by atoms with Gasteiger partial charge < -0.3 is 10.1 Å². The maximum Gasteiger partial charge on any atom is 0.254 e. The summed E-state index contributed by atoms with van der Waals surface area (Å²) in [5.74, 6) is 0.0978. The Morgan fingerprint density at radius 1 is 1.30 bits per heavy atom. The number of aromatic nitrogens is 3. The molecule has 1 aliphatic heterocycles. The molecule has 0 radical (unpaired) electrons. The Morgan fingerprint density at radius 2 is 2.04 bits per heavy atom. The Kier molecular flexibility index (Phi) is 5.19. The van der Waals surface area contributed by atoms with Gasteiger partial charge in [0.1, 0.15) is 0 Å². The highest BCUT2D eigenvalue weighted by Crippen LogP contribution is 2.19. The Balaban J connectivity index is 1.62. The van der Waals surface area contributed by atoms with E-state index in [4.69, 9.17) is 4.74 Å². The number of pyridine rings is 1. The molecule has 23 heavy (non-hydrogen) atoms. The van der Waals surface area contributed by atoms with Crippen molar-refractivity contribution in [1.29, 1.82) is 0 Å². The second-order valence-electron chi connectivity index (χ2n) is 5.40. The van der Waals surface area contributed by atoms with Crippen LogP contribution >= 0.6 is 11.8 Å². The summed E-state index contributed by atoms with van der Waals surface area (Å²) in [6.45, 7) is 1.18. The van der Waals surface area contributed by atoms with Crippen molar-refractivity contribution >= 4 is 17.7 Å². The molecule has 0 spiro atoms. The van der Waals surface area contributed by atoms with E-state index in [-0.39, 0.29) is 17.9 Å². The number of hydrogen-bond donors (Lipinski definition) is 1. The monoisotopic (exact) mass is 330 g/mol. The van der Waals surface area contributed by atoms with Gasteiger partial charge in [-0.15, -0.1) is 0 Å². The molecule has 1 amide bonds. The van der Waals surface area contributed by atoms with Gasteiger partial charge in [0.25, 0.3) is 5.91 Å². The van der Waals surface area contributed by atoms with E-state index in [1.165, 1.54) is 17.3 Å². The Bertz CT molecular complexity index is 651. The van der Waals surface area contributed by atoms with Crippen LogP contribution in [0.5, 0.6) is 0 Å². The lowest BCUT2D eigenvalue weighted by molar-refractivity contribution is 0.0924. The summed E-state index contributed by atoms with van der Waals surface area (Å²) in [4.78, 5) is 24.6. The number of hydrogen-bond acceptors (Lipinski definition) is 6. The molecule has 120 valence electrons. The van der Waals surface area contributed by atoms with E-state index in [9.17, 15) is 4.79 Å². The molecule has 0 aromatic carbocycles. The zero-order valence-electron chi connectivity index (χ0n) is 12.8. The van der Waals surface area contributed by atoms with Crippen molar-refractivity contribution in [3.8, 4) is 0 Å². The maximum atomic E-state index is 12.3. The van der Waals surface area contributed by atoms with E-state index in [0.717, 1.165) is 6.42 Å². The van der Waals surface area contributed by atoms with Crippen LogP contribution in [0, 0.1) is 5.92 Å². The van der Waals surface area contributed by atoms with Gasteiger partial charge in [-0.3, -0.25) is 9.78 Å². The van der Waals surface area contributed by atoms with Crippen LogP contribution < -0.4 is 5.32 Å². The molecule has 3 heterocycles. The SMILES string of the molecule is CSc1ncc(C(=O)NC2COCC2Cc2ccncc2)cn1. The fourth-order valence-electron chi connectivity index (χ4n) is 2.57. The molecule has 1 fully saturated rings. The minimum absolute atomic E-state index is 0.00380. The van der Waals surface area contributed by atoms with Gasteiger partial charge in [0, 0.05) is 30.7 Å². The normalized spacial score (nSPS) is 20.4. The van der Waals surface area contributed by atoms with Crippen molar-refractivity contribution in [3.63, 3.8) is 0 Å². The standard InChI is InChI=1S/C16H18N4O2S/c1-23-16-18-7-13(8-19-16)15(21)20-14-10-22-9-12(14)6-11-2-4-17-5-3-11/h2-5,7-8,12,14H,6,9-10H2,1H3,(H,20,21). The third kappa shape index (κ3) is 4.05. The lowest BCUT2D eigenvalue weighted by Gasteiger charge is -2.19. The molecular weight excluding hydrogens is 312 g/mol. The minimum atomic E-state index is -0.159. The molecule has 2 atom stereocenters. The van der Waals surface area contributed by atoms with Gasteiger partial charge in [-0.1, -0.05) is 11.8 Å². The van der Waals surface area contributed by atoms with Crippen LogP contribution in [-0.2, 0) is 11.2 Å². The van der Waals surface area contributed by atoms with Gasteiger partial charge in [0.05, 0.1) is 24.8 Å². The van der Waals surface area contributed by atoms with Gasteiger partial charge in [-0.2, -0.15) is 0 Å². The third-order valence-corrected chi connectivity index (χ3v) is 4.41. The van der Waals surface area contributed by atoms with Gasteiger partial charge in [-0.25, -0.2) is 9.97 Å². The van der Waals surface area contributed by atoms with E-state index in [1.807, 2.05) is 18.4 Å². The van der Waals surface area contributed by atoms with Crippen molar-refractivity contribution in [1.82, 2.24) is 20.3 Å². The smallest absolute Gasteiger partial charge is 0.254 e. The lowest BCUT2D eigenvalue weighted by atomic mass is 9.95. The second-order valence-corrected chi connectivity index (χ2v) is 6.17. The summed E-state index contributed by atoms with van der Waals surface area (Å²) < 4.78 is 5.55. The number of nitrogens with zero attached hydrogens (tertiary/aromatic N) is 3. The number of rotatable bonds is 5. The van der Waals surface area contributed by atoms with E-state index < -0.39 is 0 Å². The van der Waals surface area contributed by atoms with Crippen molar-refractivity contribution < 1.29 is 9.53 Å². The molecule has 6 nitrogen and oxygen atoms in total. The zero-order chi connectivity index (χ0) is 16.1. The summed E-state index contributed by atoms with van der Waals surface area (Å²) in [7, 11) is 0. The highest BCUT2D eigenvalue weighted by molar-refractivity contribution is 7.98. The molecular formula is C16H18N4O2S. The molecule has 2 aromatic heterocycles. The molecule has 0 saturated carbocycles. The van der Waals surface area contributed by atoms with Gasteiger partial charge in [0.2, 0.25) is 0 Å². The first-order valence-corrected chi connectivity index (χ1v) is 8.62. The number of amides is 1. The molecule has 7 heteroatoms. The topological polar surface area (TPSA) is 77.0 Å². The van der Waals surface area contributed by atoms with Crippen molar-refractivity contribution in [2.45, 2.75) is 17.6 Å².